The standard InChI is InChI=1S/C28H30N4O2/c1-29(2)26(33)18-31-23-11-3-4-12-24(23)32(28(31)34)21-13-15-30(16-14-21)25-17-20-9-5-7-19-8-6-10-22(25)27(19)20/h3-12,21,25H,13-18H2,1-2H3/t25-/m1/s1. The molecule has 2 aliphatic rings. The van der Waals surface area contributed by atoms with E-state index in [1.807, 2.05) is 28.8 Å². The topological polar surface area (TPSA) is 50.5 Å². The first-order valence-corrected chi connectivity index (χ1v) is 12.2. The van der Waals surface area contributed by atoms with Crippen molar-refractivity contribution in [1.82, 2.24) is 18.9 Å². The number of benzene rings is 3. The number of amides is 1. The maximum absolute atomic E-state index is 13.5. The van der Waals surface area contributed by atoms with Gasteiger partial charge in [0.15, 0.2) is 0 Å². The van der Waals surface area contributed by atoms with E-state index in [-0.39, 0.29) is 24.2 Å². The second-order valence-corrected chi connectivity index (χ2v) is 9.87. The summed E-state index contributed by atoms with van der Waals surface area (Å²) in [5, 5.41) is 2.76. The zero-order chi connectivity index (χ0) is 23.4. The summed E-state index contributed by atoms with van der Waals surface area (Å²) < 4.78 is 3.58. The van der Waals surface area contributed by atoms with Gasteiger partial charge in [-0.2, -0.15) is 0 Å². The monoisotopic (exact) mass is 454 g/mol. The number of hydrogen-bond donors (Lipinski definition) is 0. The molecule has 1 amide bonds. The van der Waals surface area contributed by atoms with Crippen LogP contribution in [0.4, 0.5) is 0 Å². The van der Waals surface area contributed by atoms with E-state index in [1.54, 1.807) is 18.7 Å². The molecule has 174 valence electrons. The molecule has 1 aliphatic heterocycles. The molecule has 1 aliphatic carbocycles. The third kappa shape index (κ3) is 3.28. The van der Waals surface area contributed by atoms with Crippen LogP contribution < -0.4 is 5.69 Å². The molecule has 1 saturated heterocycles. The summed E-state index contributed by atoms with van der Waals surface area (Å²) in [5.41, 5.74) is 4.58. The summed E-state index contributed by atoms with van der Waals surface area (Å²) >= 11 is 0. The lowest BCUT2D eigenvalue weighted by Crippen LogP contribution is -2.40. The molecule has 6 rings (SSSR count). The van der Waals surface area contributed by atoms with Crippen molar-refractivity contribution in [3.05, 3.63) is 82.3 Å². The second kappa shape index (κ2) is 8.13. The van der Waals surface area contributed by atoms with Crippen LogP contribution in [0.2, 0.25) is 0 Å². The third-order valence-electron chi connectivity index (χ3n) is 7.76. The highest BCUT2D eigenvalue weighted by molar-refractivity contribution is 5.91. The fourth-order valence-corrected chi connectivity index (χ4v) is 6.01. The lowest BCUT2D eigenvalue weighted by Gasteiger charge is -2.36. The Bertz CT molecular complexity index is 1450. The van der Waals surface area contributed by atoms with Gasteiger partial charge in [0, 0.05) is 39.3 Å². The quantitative estimate of drug-likeness (QED) is 0.469. The van der Waals surface area contributed by atoms with Crippen LogP contribution in [0, 0.1) is 0 Å². The molecular formula is C28H30N4O2. The van der Waals surface area contributed by atoms with Gasteiger partial charge in [-0.15, -0.1) is 0 Å². The number of imidazole rings is 1. The van der Waals surface area contributed by atoms with Gasteiger partial charge in [0.05, 0.1) is 11.0 Å². The molecule has 0 N–H and O–H groups in total. The molecule has 4 aromatic rings. The van der Waals surface area contributed by atoms with Crippen molar-refractivity contribution in [1.29, 1.82) is 0 Å². The van der Waals surface area contributed by atoms with Crippen LogP contribution in [-0.4, -0.2) is 52.0 Å². The van der Waals surface area contributed by atoms with E-state index in [1.165, 1.54) is 26.8 Å². The lowest BCUT2D eigenvalue weighted by atomic mass is 9.99. The molecule has 1 fully saturated rings. The highest BCUT2D eigenvalue weighted by Gasteiger charge is 2.33. The highest BCUT2D eigenvalue weighted by atomic mass is 16.2. The van der Waals surface area contributed by atoms with Gasteiger partial charge < -0.3 is 4.90 Å². The zero-order valence-electron chi connectivity index (χ0n) is 19.8. The molecule has 1 atom stereocenters. The highest BCUT2D eigenvalue weighted by Crippen LogP contribution is 2.41. The maximum Gasteiger partial charge on any atom is 0.329 e. The zero-order valence-corrected chi connectivity index (χ0v) is 19.8. The van der Waals surface area contributed by atoms with Gasteiger partial charge in [0.2, 0.25) is 5.91 Å². The van der Waals surface area contributed by atoms with Gasteiger partial charge >= 0.3 is 5.69 Å². The molecule has 34 heavy (non-hydrogen) atoms. The minimum atomic E-state index is -0.0760. The molecule has 0 bridgehead atoms. The van der Waals surface area contributed by atoms with Crippen LogP contribution >= 0.6 is 0 Å². The van der Waals surface area contributed by atoms with Gasteiger partial charge in [-0.1, -0.05) is 48.5 Å². The molecule has 0 saturated carbocycles. The van der Waals surface area contributed by atoms with E-state index < -0.39 is 0 Å². The number of fused-ring (bicyclic) bond motifs is 1. The number of hydrogen-bond acceptors (Lipinski definition) is 3. The summed E-state index contributed by atoms with van der Waals surface area (Å²) in [6, 6.07) is 21.7. The average molecular weight is 455 g/mol. The van der Waals surface area contributed by atoms with E-state index in [0.717, 1.165) is 43.4 Å². The Balaban J connectivity index is 1.27. The fraction of sp³-hybridized carbons (Fsp3) is 0.357. The van der Waals surface area contributed by atoms with Crippen molar-refractivity contribution < 1.29 is 4.79 Å². The van der Waals surface area contributed by atoms with Crippen LogP contribution in [0.25, 0.3) is 21.8 Å². The Morgan fingerprint density at radius 1 is 0.941 bits per heavy atom. The van der Waals surface area contributed by atoms with E-state index >= 15 is 0 Å². The largest absolute Gasteiger partial charge is 0.347 e. The molecule has 3 aromatic carbocycles. The van der Waals surface area contributed by atoms with Crippen LogP contribution in [0.15, 0.2) is 65.5 Å². The Hall–Kier alpha value is -3.38. The summed E-state index contributed by atoms with van der Waals surface area (Å²) in [4.78, 5) is 30.0. The van der Waals surface area contributed by atoms with E-state index in [4.69, 9.17) is 0 Å². The first-order chi connectivity index (χ1) is 16.5. The summed E-state index contributed by atoms with van der Waals surface area (Å²) in [5.74, 6) is -0.0743. The van der Waals surface area contributed by atoms with Gasteiger partial charge in [-0.3, -0.25) is 18.8 Å². The molecule has 0 unspecified atom stereocenters. The minimum Gasteiger partial charge on any atom is -0.347 e. The van der Waals surface area contributed by atoms with Crippen molar-refractivity contribution in [2.75, 3.05) is 27.2 Å². The van der Waals surface area contributed by atoms with Crippen molar-refractivity contribution >= 4 is 27.7 Å². The van der Waals surface area contributed by atoms with E-state index in [9.17, 15) is 9.59 Å². The Kier molecular flexibility index (Phi) is 5.06. The van der Waals surface area contributed by atoms with Crippen LogP contribution in [-0.2, 0) is 17.8 Å². The Morgan fingerprint density at radius 3 is 2.38 bits per heavy atom. The molecule has 6 heteroatoms. The third-order valence-corrected chi connectivity index (χ3v) is 7.76. The van der Waals surface area contributed by atoms with Crippen LogP contribution in [0.3, 0.4) is 0 Å². The molecule has 2 heterocycles. The summed E-state index contributed by atoms with van der Waals surface area (Å²) in [7, 11) is 3.45. The van der Waals surface area contributed by atoms with E-state index in [0.29, 0.717) is 6.04 Å². The number of para-hydroxylation sites is 2. The summed E-state index contributed by atoms with van der Waals surface area (Å²) in [6.07, 6.45) is 2.92. The minimum absolute atomic E-state index is 0.0720. The first kappa shape index (κ1) is 21.2. The number of aromatic nitrogens is 2. The second-order valence-electron chi connectivity index (χ2n) is 9.87. The molecular weight excluding hydrogens is 424 g/mol. The molecule has 0 spiro atoms. The van der Waals surface area contributed by atoms with Crippen molar-refractivity contribution in [3.8, 4) is 0 Å². The van der Waals surface area contributed by atoms with Gasteiger partial charge in [-0.25, -0.2) is 4.79 Å². The van der Waals surface area contributed by atoms with Gasteiger partial charge in [0.1, 0.15) is 6.54 Å². The average Bonchev–Trinajstić information content (AvgIpc) is 3.36. The van der Waals surface area contributed by atoms with Crippen LogP contribution in [0.1, 0.15) is 36.1 Å². The number of likely N-dealkylation sites (N-methyl/N-ethyl adjacent to an activating group) is 1. The number of nitrogens with zero attached hydrogens (tertiary/aromatic N) is 4. The molecule has 6 nitrogen and oxygen atoms in total. The predicted octanol–water partition coefficient (Wildman–Crippen LogP) is 3.98. The number of rotatable bonds is 4. The maximum atomic E-state index is 13.5. The molecule has 0 radical (unpaired) electrons. The Morgan fingerprint density at radius 2 is 1.65 bits per heavy atom. The van der Waals surface area contributed by atoms with Gasteiger partial charge in [0.25, 0.3) is 0 Å². The normalized spacial score (nSPS) is 18.7. The molecule has 1 aromatic heterocycles. The smallest absolute Gasteiger partial charge is 0.329 e. The lowest BCUT2D eigenvalue weighted by molar-refractivity contribution is -0.129. The number of carbonyl (C=O) groups excluding carboxylic acids is 1. The predicted molar refractivity (Wildman–Crippen MR) is 135 cm³/mol. The van der Waals surface area contributed by atoms with E-state index in [2.05, 4.69) is 41.3 Å². The summed E-state index contributed by atoms with van der Waals surface area (Å²) in [6.45, 7) is 1.99. The number of piperidine rings is 1. The van der Waals surface area contributed by atoms with Crippen molar-refractivity contribution in [3.63, 3.8) is 0 Å². The van der Waals surface area contributed by atoms with Crippen molar-refractivity contribution in [2.24, 2.45) is 0 Å². The number of carbonyl (C=O) groups is 1. The van der Waals surface area contributed by atoms with Gasteiger partial charge in [-0.05, 0) is 53.3 Å². The first-order valence-electron chi connectivity index (χ1n) is 12.2. The number of likely N-dealkylation sites (tertiary alicyclic amines) is 1. The SMILES string of the molecule is CN(C)C(=O)Cn1c(=O)n(C2CCN([C@@H]3Cc4cccc5cccc3c45)CC2)c2ccccc21. The Labute approximate surface area is 199 Å². The van der Waals surface area contributed by atoms with Crippen LogP contribution in [0.5, 0.6) is 0 Å². The van der Waals surface area contributed by atoms with Crippen molar-refractivity contribution in [2.45, 2.75) is 37.9 Å². The fourth-order valence-electron chi connectivity index (χ4n) is 6.01.